The number of alkyl halides is 1. The minimum absolute atomic E-state index is 0.130. The fourth-order valence-corrected chi connectivity index (χ4v) is 2.23. The molecule has 0 saturated heterocycles. The summed E-state index contributed by atoms with van der Waals surface area (Å²) in [5, 5.41) is 13.7. The van der Waals surface area contributed by atoms with Crippen molar-refractivity contribution in [1.29, 1.82) is 0 Å². The third-order valence-electron chi connectivity index (χ3n) is 3.28. The van der Waals surface area contributed by atoms with Crippen molar-refractivity contribution in [2.75, 3.05) is 19.5 Å². The molecule has 1 atom stereocenters. The zero-order valence-electron chi connectivity index (χ0n) is 12.1. The summed E-state index contributed by atoms with van der Waals surface area (Å²) in [5.41, 5.74) is 0.0150. The second-order valence-electron chi connectivity index (χ2n) is 4.61. The summed E-state index contributed by atoms with van der Waals surface area (Å²) in [5.74, 6) is 0.640. The normalized spacial score (nSPS) is 11.8. The molecule has 0 bridgehead atoms. The average molecular weight is 315 g/mol. The molecule has 0 spiro atoms. The Kier molecular flexibility index (Phi) is 6.94. The second kappa shape index (κ2) is 8.46. The van der Waals surface area contributed by atoms with Crippen LogP contribution < -0.4 is 10.1 Å². The SMILES string of the molecule is CCC(CCCl)CNC(=O)c1ccc(OC)c([N+](=O)[O-])c1. The summed E-state index contributed by atoms with van der Waals surface area (Å²) in [7, 11) is 1.35. The molecule has 1 N–H and O–H groups in total. The summed E-state index contributed by atoms with van der Waals surface area (Å²) in [6.07, 6.45) is 1.73. The molecule has 1 rings (SSSR count). The van der Waals surface area contributed by atoms with Gasteiger partial charge in [0.1, 0.15) is 0 Å². The van der Waals surface area contributed by atoms with Crippen molar-refractivity contribution in [3.8, 4) is 5.75 Å². The highest BCUT2D eigenvalue weighted by molar-refractivity contribution is 6.17. The van der Waals surface area contributed by atoms with E-state index < -0.39 is 4.92 Å². The van der Waals surface area contributed by atoms with Crippen LogP contribution in [-0.2, 0) is 0 Å². The smallest absolute Gasteiger partial charge is 0.311 e. The van der Waals surface area contributed by atoms with Gasteiger partial charge in [0.15, 0.2) is 5.75 Å². The number of nitrogens with one attached hydrogen (secondary N) is 1. The number of amides is 1. The fraction of sp³-hybridized carbons (Fsp3) is 0.500. The van der Waals surface area contributed by atoms with Gasteiger partial charge in [0, 0.05) is 24.1 Å². The molecule has 1 amide bonds. The second-order valence-corrected chi connectivity index (χ2v) is 4.98. The van der Waals surface area contributed by atoms with Gasteiger partial charge in [-0.05, 0) is 24.5 Å². The zero-order valence-corrected chi connectivity index (χ0v) is 12.9. The summed E-state index contributed by atoms with van der Waals surface area (Å²) < 4.78 is 4.90. The Morgan fingerprint density at radius 1 is 1.52 bits per heavy atom. The molecule has 116 valence electrons. The van der Waals surface area contributed by atoms with Gasteiger partial charge in [-0.3, -0.25) is 14.9 Å². The van der Waals surface area contributed by atoms with Crippen molar-refractivity contribution < 1.29 is 14.5 Å². The van der Waals surface area contributed by atoms with E-state index >= 15 is 0 Å². The molecular weight excluding hydrogens is 296 g/mol. The topological polar surface area (TPSA) is 81.5 Å². The number of rotatable bonds is 8. The molecule has 0 radical (unpaired) electrons. The predicted molar refractivity (Wildman–Crippen MR) is 81.1 cm³/mol. The molecule has 1 unspecified atom stereocenters. The molecule has 1 aromatic rings. The van der Waals surface area contributed by atoms with Gasteiger partial charge in [-0.15, -0.1) is 11.6 Å². The van der Waals surface area contributed by atoms with Gasteiger partial charge in [0.25, 0.3) is 5.91 Å². The van der Waals surface area contributed by atoms with Crippen LogP contribution in [0.15, 0.2) is 18.2 Å². The Bertz CT molecular complexity index is 508. The van der Waals surface area contributed by atoms with Crippen LogP contribution in [0.5, 0.6) is 5.75 Å². The van der Waals surface area contributed by atoms with Gasteiger partial charge in [-0.2, -0.15) is 0 Å². The fourth-order valence-electron chi connectivity index (χ4n) is 1.92. The van der Waals surface area contributed by atoms with Gasteiger partial charge in [-0.1, -0.05) is 13.3 Å². The zero-order chi connectivity index (χ0) is 15.8. The standard InChI is InChI=1S/C14H19ClN2O4/c1-3-10(6-7-15)9-16-14(18)11-4-5-13(21-2)12(8-11)17(19)20/h4-5,8,10H,3,6-7,9H2,1-2H3,(H,16,18). The molecule has 1 aromatic carbocycles. The lowest BCUT2D eigenvalue weighted by atomic mass is 10.0. The lowest BCUT2D eigenvalue weighted by Crippen LogP contribution is -2.29. The lowest BCUT2D eigenvalue weighted by Gasteiger charge is -2.14. The summed E-state index contributed by atoms with van der Waals surface area (Å²) in [6.45, 7) is 2.53. The van der Waals surface area contributed by atoms with Crippen molar-refractivity contribution in [2.24, 2.45) is 5.92 Å². The highest BCUT2D eigenvalue weighted by atomic mass is 35.5. The van der Waals surface area contributed by atoms with Crippen LogP contribution in [0.25, 0.3) is 0 Å². The molecule has 6 nitrogen and oxygen atoms in total. The molecule has 0 saturated carbocycles. The quantitative estimate of drug-likeness (QED) is 0.454. The molecule has 7 heteroatoms. The predicted octanol–water partition coefficient (Wildman–Crippen LogP) is 2.99. The number of methoxy groups -OCH3 is 1. The van der Waals surface area contributed by atoms with Crippen LogP contribution in [-0.4, -0.2) is 30.4 Å². The average Bonchev–Trinajstić information content (AvgIpc) is 2.50. The first-order valence-electron chi connectivity index (χ1n) is 6.70. The van der Waals surface area contributed by atoms with E-state index in [1.165, 1.54) is 25.3 Å². The highest BCUT2D eigenvalue weighted by Gasteiger charge is 2.18. The summed E-state index contributed by atoms with van der Waals surface area (Å²) in [4.78, 5) is 22.4. The maximum Gasteiger partial charge on any atom is 0.311 e. The van der Waals surface area contributed by atoms with Crippen LogP contribution in [0.2, 0.25) is 0 Å². The number of nitro groups is 1. The lowest BCUT2D eigenvalue weighted by molar-refractivity contribution is -0.385. The van der Waals surface area contributed by atoms with E-state index in [9.17, 15) is 14.9 Å². The third-order valence-corrected chi connectivity index (χ3v) is 3.50. The van der Waals surface area contributed by atoms with Crippen molar-refractivity contribution in [2.45, 2.75) is 19.8 Å². The Balaban J connectivity index is 2.78. The van der Waals surface area contributed by atoms with Crippen molar-refractivity contribution >= 4 is 23.2 Å². The van der Waals surface area contributed by atoms with E-state index in [0.29, 0.717) is 18.3 Å². The molecule has 0 aliphatic carbocycles. The third kappa shape index (κ3) is 4.90. The number of nitro benzene ring substituents is 1. The number of benzene rings is 1. The molecule has 0 fully saturated rings. The van der Waals surface area contributed by atoms with Crippen molar-refractivity contribution in [3.05, 3.63) is 33.9 Å². The van der Waals surface area contributed by atoms with Crippen molar-refractivity contribution in [1.82, 2.24) is 5.32 Å². The Labute approximate surface area is 128 Å². The van der Waals surface area contributed by atoms with Crippen LogP contribution in [0.3, 0.4) is 0 Å². The minimum Gasteiger partial charge on any atom is -0.490 e. The Hall–Kier alpha value is -1.82. The van der Waals surface area contributed by atoms with E-state index in [2.05, 4.69) is 5.32 Å². The monoisotopic (exact) mass is 314 g/mol. The van der Waals surface area contributed by atoms with E-state index in [4.69, 9.17) is 16.3 Å². The van der Waals surface area contributed by atoms with E-state index in [1.54, 1.807) is 0 Å². The first kappa shape index (κ1) is 17.2. The Morgan fingerprint density at radius 3 is 2.76 bits per heavy atom. The maximum absolute atomic E-state index is 12.0. The van der Waals surface area contributed by atoms with E-state index in [-0.39, 0.29) is 22.9 Å². The van der Waals surface area contributed by atoms with Gasteiger partial charge in [0.2, 0.25) is 0 Å². The molecule has 0 heterocycles. The number of halogens is 1. The summed E-state index contributed by atoms with van der Waals surface area (Å²) in [6, 6.07) is 4.14. The molecular formula is C14H19ClN2O4. The van der Waals surface area contributed by atoms with E-state index in [0.717, 1.165) is 12.8 Å². The summed E-state index contributed by atoms with van der Waals surface area (Å²) >= 11 is 5.69. The van der Waals surface area contributed by atoms with Gasteiger partial charge in [0.05, 0.1) is 12.0 Å². The number of carbonyl (C=O) groups excluding carboxylic acids is 1. The van der Waals surface area contributed by atoms with E-state index in [1.807, 2.05) is 6.92 Å². The van der Waals surface area contributed by atoms with Crippen molar-refractivity contribution in [3.63, 3.8) is 0 Å². The number of ether oxygens (including phenoxy) is 1. The number of hydrogen-bond donors (Lipinski definition) is 1. The number of hydrogen-bond acceptors (Lipinski definition) is 4. The van der Waals surface area contributed by atoms with Crippen LogP contribution in [0.4, 0.5) is 5.69 Å². The molecule has 0 aliphatic rings. The van der Waals surface area contributed by atoms with Crippen LogP contribution in [0, 0.1) is 16.0 Å². The molecule has 0 aliphatic heterocycles. The molecule has 21 heavy (non-hydrogen) atoms. The first-order chi connectivity index (χ1) is 10.0. The van der Waals surface area contributed by atoms with Gasteiger partial charge in [-0.25, -0.2) is 0 Å². The van der Waals surface area contributed by atoms with Crippen LogP contribution >= 0.6 is 11.6 Å². The molecule has 0 aromatic heterocycles. The maximum atomic E-state index is 12.0. The van der Waals surface area contributed by atoms with Gasteiger partial charge < -0.3 is 10.1 Å². The number of carbonyl (C=O) groups is 1. The number of nitrogens with zero attached hydrogens (tertiary/aromatic N) is 1. The highest BCUT2D eigenvalue weighted by Crippen LogP contribution is 2.27. The minimum atomic E-state index is -0.571. The Morgan fingerprint density at radius 2 is 2.24 bits per heavy atom. The largest absolute Gasteiger partial charge is 0.490 e. The van der Waals surface area contributed by atoms with Gasteiger partial charge >= 0.3 is 5.69 Å². The first-order valence-corrected chi connectivity index (χ1v) is 7.23. The van der Waals surface area contributed by atoms with Crippen LogP contribution in [0.1, 0.15) is 30.1 Å².